The third-order valence-corrected chi connectivity index (χ3v) is 3.76. The highest BCUT2D eigenvalue weighted by molar-refractivity contribution is 5.86. The molecule has 114 valence electrons. The highest BCUT2D eigenvalue weighted by Gasteiger charge is 2.34. The third-order valence-electron chi connectivity index (χ3n) is 3.76. The van der Waals surface area contributed by atoms with Crippen molar-refractivity contribution < 1.29 is 19.4 Å². The van der Waals surface area contributed by atoms with Crippen molar-refractivity contribution in [2.75, 3.05) is 6.54 Å². The number of hydrogen-bond donors (Lipinski definition) is 1. The summed E-state index contributed by atoms with van der Waals surface area (Å²) in [6, 6.07) is 8.89. The molecule has 2 atom stereocenters. The average Bonchev–Trinajstić information content (AvgIpc) is 2.52. The topological polar surface area (TPSA) is 66.8 Å². The number of aliphatic carboxylic acids is 1. The Hall–Kier alpha value is -1.88. The lowest BCUT2D eigenvalue weighted by Gasteiger charge is -2.34. The predicted octanol–water partition coefficient (Wildman–Crippen LogP) is 2.06. The monoisotopic (exact) mass is 291 g/mol. The molecule has 0 radical (unpaired) electrons. The Morgan fingerprint density at radius 1 is 1.33 bits per heavy atom. The number of carboxylic acids is 1. The van der Waals surface area contributed by atoms with Crippen LogP contribution in [0, 0.1) is 0 Å². The molecule has 0 spiro atoms. The summed E-state index contributed by atoms with van der Waals surface area (Å²) in [7, 11) is 0. The highest BCUT2D eigenvalue weighted by Crippen LogP contribution is 2.19. The van der Waals surface area contributed by atoms with Gasteiger partial charge in [-0.25, -0.2) is 4.79 Å². The zero-order valence-electron chi connectivity index (χ0n) is 12.2. The van der Waals surface area contributed by atoms with E-state index in [2.05, 4.69) is 0 Å². The lowest BCUT2D eigenvalue weighted by atomic mass is 10.0. The Bertz CT molecular complexity index is 488. The summed E-state index contributed by atoms with van der Waals surface area (Å²) in [5, 5.41) is 9.21. The molecule has 1 aromatic rings. The van der Waals surface area contributed by atoms with E-state index >= 15 is 0 Å². The minimum atomic E-state index is -0.932. The fourth-order valence-corrected chi connectivity index (χ4v) is 2.55. The molecule has 1 N–H and O–H groups in total. The van der Waals surface area contributed by atoms with Crippen LogP contribution in [0.1, 0.15) is 31.7 Å². The SMILES string of the molecule is C[C@H](OCc1ccccc1)C(=O)N1CCCC[C@@H]1C(=O)O. The van der Waals surface area contributed by atoms with Gasteiger partial charge in [-0.3, -0.25) is 4.79 Å². The van der Waals surface area contributed by atoms with Crippen molar-refractivity contribution >= 4 is 11.9 Å². The third kappa shape index (κ3) is 4.04. The van der Waals surface area contributed by atoms with Gasteiger partial charge in [0.15, 0.2) is 0 Å². The van der Waals surface area contributed by atoms with Gasteiger partial charge in [-0.2, -0.15) is 0 Å². The number of benzene rings is 1. The first-order valence-corrected chi connectivity index (χ1v) is 7.28. The average molecular weight is 291 g/mol. The number of hydrogen-bond acceptors (Lipinski definition) is 3. The summed E-state index contributed by atoms with van der Waals surface area (Å²) in [4.78, 5) is 25.1. The van der Waals surface area contributed by atoms with Crippen LogP contribution < -0.4 is 0 Å². The van der Waals surface area contributed by atoms with E-state index in [1.54, 1.807) is 6.92 Å². The molecule has 1 saturated heterocycles. The smallest absolute Gasteiger partial charge is 0.326 e. The number of likely N-dealkylation sites (tertiary alicyclic amines) is 1. The molecule has 0 aromatic heterocycles. The van der Waals surface area contributed by atoms with E-state index in [-0.39, 0.29) is 5.91 Å². The first-order valence-electron chi connectivity index (χ1n) is 7.28. The molecule has 1 aromatic carbocycles. The van der Waals surface area contributed by atoms with Crippen molar-refractivity contribution in [1.82, 2.24) is 4.90 Å². The van der Waals surface area contributed by atoms with Crippen LogP contribution in [0.2, 0.25) is 0 Å². The Kier molecular flexibility index (Phi) is 5.33. The molecular weight excluding hydrogens is 270 g/mol. The zero-order chi connectivity index (χ0) is 15.2. The Morgan fingerprint density at radius 2 is 2.05 bits per heavy atom. The summed E-state index contributed by atoms with van der Waals surface area (Å²) in [6.07, 6.45) is 1.58. The van der Waals surface area contributed by atoms with Gasteiger partial charge in [-0.1, -0.05) is 30.3 Å². The number of carbonyl (C=O) groups is 2. The van der Waals surface area contributed by atoms with Gasteiger partial charge in [0.05, 0.1) is 6.61 Å². The van der Waals surface area contributed by atoms with Gasteiger partial charge in [0.2, 0.25) is 0 Å². The van der Waals surface area contributed by atoms with E-state index in [9.17, 15) is 14.7 Å². The molecule has 5 heteroatoms. The summed E-state index contributed by atoms with van der Waals surface area (Å²) in [5.41, 5.74) is 0.991. The van der Waals surface area contributed by atoms with Crippen molar-refractivity contribution in [2.24, 2.45) is 0 Å². The summed E-state index contributed by atoms with van der Waals surface area (Å²) >= 11 is 0. The summed E-state index contributed by atoms with van der Waals surface area (Å²) in [6.45, 7) is 2.52. The van der Waals surface area contributed by atoms with Crippen LogP contribution in [0.5, 0.6) is 0 Å². The first-order chi connectivity index (χ1) is 10.1. The van der Waals surface area contributed by atoms with Crippen LogP contribution in [0.4, 0.5) is 0 Å². The van der Waals surface area contributed by atoms with Gasteiger partial charge >= 0.3 is 5.97 Å². The van der Waals surface area contributed by atoms with Gasteiger partial charge in [0.1, 0.15) is 12.1 Å². The van der Waals surface area contributed by atoms with Crippen molar-refractivity contribution in [2.45, 2.75) is 44.9 Å². The molecular formula is C16H21NO4. The Labute approximate surface area is 124 Å². The molecule has 0 unspecified atom stereocenters. The van der Waals surface area contributed by atoms with Crippen LogP contribution in [0.15, 0.2) is 30.3 Å². The number of piperidine rings is 1. The first kappa shape index (κ1) is 15.5. The zero-order valence-corrected chi connectivity index (χ0v) is 12.2. The molecule has 21 heavy (non-hydrogen) atoms. The lowest BCUT2D eigenvalue weighted by Crippen LogP contribution is -2.51. The van der Waals surface area contributed by atoms with Crippen molar-refractivity contribution in [3.8, 4) is 0 Å². The second kappa shape index (κ2) is 7.22. The summed E-state index contributed by atoms with van der Waals surface area (Å²) in [5.74, 6) is -1.17. The quantitative estimate of drug-likeness (QED) is 0.901. The molecule has 1 amide bonds. The molecule has 1 heterocycles. The van der Waals surface area contributed by atoms with Crippen molar-refractivity contribution in [1.29, 1.82) is 0 Å². The van der Waals surface area contributed by atoms with Gasteiger partial charge < -0.3 is 14.7 Å². The maximum absolute atomic E-state index is 12.4. The molecule has 0 aliphatic carbocycles. The highest BCUT2D eigenvalue weighted by atomic mass is 16.5. The lowest BCUT2D eigenvalue weighted by molar-refractivity contribution is -0.157. The second-order valence-corrected chi connectivity index (χ2v) is 5.32. The van der Waals surface area contributed by atoms with E-state index in [1.807, 2.05) is 30.3 Å². The van der Waals surface area contributed by atoms with Crippen LogP contribution in [-0.4, -0.2) is 40.6 Å². The Balaban J connectivity index is 1.93. The van der Waals surface area contributed by atoms with E-state index in [1.165, 1.54) is 4.90 Å². The molecule has 1 fully saturated rings. The molecule has 1 aliphatic rings. The van der Waals surface area contributed by atoms with Gasteiger partial charge in [0.25, 0.3) is 5.91 Å². The fourth-order valence-electron chi connectivity index (χ4n) is 2.55. The van der Waals surface area contributed by atoms with E-state index < -0.39 is 18.1 Å². The van der Waals surface area contributed by atoms with E-state index in [0.29, 0.717) is 19.6 Å². The van der Waals surface area contributed by atoms with Crippen LogP contribution >= 0.6 is 0 Å². The maximum Gasteiger partial charge on any atom is 0.326 e. The second-order valence-electron chi connectivity index (χ2n) is 5.32. The number of rotatable bonds is 5. The van der Waals surface area contributed by atoms with Crippen LogP contribution in [0.3, 0.4) is 0 Å². The van der Waals surface area contributed by atoms with Gasteiger partial charge in [-0.05, 0) is 31.7 Å². The van der Waals surface area contributed by atoms with Gasteiger partial charge in [-0.15, -0.1) is 0 Å². The van der Waals surface area contributed by atoms with E-state index in [4.69, 9.17) is 4.74 Å². The molecule has 5 nitrogen and oxygen atoms in total. The maximum atomic E-state index is 12.4. The normalized spacial score (nSPS) is 20.0. The minimum Gasteiger partial charge on any atom is -0.480 e. The number of carboxylic acid groups (broad SMARTS) is 1. The molecule has 2 rings (SSSR count). The molecule has 1 aliphatic heterocycles. The number of carbonyl (C=O) groups excluding carboxylic acids is 1. The predicted molar refractivity (Wildman–Crippen MR) is 77.7 cm³/mol. The van der Waals surface area contributed by atoms with Gasteiger partial charge in [0, 0.05) is 6.54 Å². The number of amides is 1. The minimum absolute atomic E-state index is 0.238. The molecule has 0 bridgehead atoms. The Morgan fingerprint density at radius 3 is 2.71 bits per heavy atom. The van der Waals surface area contributed by atoms with E-state index in [0.717, 1.165) is 18.4 Å². The largest absolute Gasteiger partial charge is 0.480 e. The fraction of sp³-hybridized carbons (Fsp3) is 0.500. The van der Waals surface area contributed by atoms with Crippen molar-refractivity contribution in [3.63, 3.8) is 0 Å². The van der Waals surface area contributed by atoms with Crippen LogP contribution in [-0.2, 0) is 20.9 Å². The molecule has 0 saturated carbocycles. The number of nitrogens with zero attached hydrogens (tertiary/aromatic N) is 1. The van der Waals surface area contributed by atoms with Crippen LogP contribution in [0.25, 0.3) is 0 Å². The summed E-state index contributed by atoms with van der Waals surface area (Å²) < 4.78 is 5.59. The van der Waals surface area contributed by atoms with Crippen molar-refractivity contribution in [3.05, 3.63) is 35.9 Å². The standard InChI is InChI=1S/C16H21NO4/c1-12(21-11-13-7-3-2-4-8-13)15(18)17-10-6-5-9-14(17)16(19)20/h2-4,7-8,12,14H,5-6,9-11H2,1H3,(H,19,20)/t12-,14+/m0/s1. The number of ether oxygens (including phenoxy) is 1.